The van der Waals surface area contributed by atoms with Gasteiger partial charge in [0.25, 0.3) is 0 Å². The predicted molar refractivity (Wildman–Crippen MR) is 129 cm³/mol. The van der Waals surface area contributed by atoms with E-state index in [1.54, 1.807) is 6.33 Å². The van der Waals surface area contributed by atoms with Crippen LogP contribution < -0.4 is 10.6 Å². The van der Waals surface area contributed by atoms with Gasteiger partial charge in [0.1, 0.15) is 0 Å². The maximum Gasteiger partial charge on any atom is 0.317 e. The lowest BCUT2D eigenvalue weighted by Crippen LogP contribution is -2.61. The third kappa shape index (κ3) is 4.32. The van der Waals surface area contributed by atoms with Gasteiger partial charge in [0, 0.05) is 30.9 Å². The number of H-pyrrole nitrogens is 1. The molecule has 1 aromatic heterocycles. The van der Waals surface area contributed by atoms with Gasteiger partial charge in [-0.25, -0.2) is 9.78 Å². The average Bonchev–Trinajstić information content (AvgIpc) is 3.50. The van der Waals surface area contributed by atoms with Crippen LogP contribution in [0.15, 0.2) is 36.8 Å². The fraction of sp³-hybridized carbons (Fsp3) is 0.593. The van der Waals surface area contributed by atoms with Crippen molar-refractivity contribution in [2.75, 3.05) is 13.1 Å². The molecule has 1 unspecified atom stereocenters. The summed E-state index contributed by atoms with van der Waals surface area (Å²) in [6.45, 7) is 1.53. The Balaban J connectivity index is 1.08. The molecule has 7 heteroatoms. The fourth-order valence-electron chi connectivity index (χ4n) is 7.60. The standard InChI is InChI=1S/C27H34N6O/c28-14-19-3-1-18(2-4-19)10-24(25-15-29-17-30-25)31-23-5-6-33(16-23)26(34)32-27-11-20-7-21(12-27)9-22(8-20)13-27/h1-4,15,17,20-24,31H,5-13,16H2,(H,29,30)(H,32,34)/t20?,21?,22?,23?,24-,27?/m0/s1. The first-order valence-corrected chi connectivity index (χ1v) is 12.9. The molecule has 3 N–H and O–H groups in total. The third-order valence-corrected chi connectivity index (χ3v) is 8.74. The fourth-order valence-corrected chi connectivity index (χ4v) is 7.60. The number of urea groups is 1. The summed E-state index contributed by atoms with van der Waals surface area (Å²) >= 11 is 0. The van der Waals surface area contributed by atoms with Crippen LogP contribution in [0.3, 0.4) is 0 Å². The third-order valence-electron chi connectivity index (χ3n) is 8.74. The van der Waals surface area contributed by atoms with Crippen molar-refractivity contribution in [2.45, 2.75) is 69.0 Å². The molecule has 1 saturated heterocycles. The van der Waals surface area contributed by atoms with Gasteiger partial charge >= 0.3 is 6.03 Å². The predicted octanol–water partition coefficient (Wildman–Crippen LogP) is 3.91. The number of carbonyl (C=O) groups excluding carboxylic acids is 1. The summed E-state index contributed by atoms with van der Waals surface area (Å²) < 4.78 is 0. The molecule has 4 bridgehead atoms. The molecule has 4 saturated carbocycles. The SMILES string of the molecule is N#Cc1ccc(C[C@H](NC2CCN(C(=O)NC34CC5CC(CC(C5)C3)C4)C2)c2cnc[nH]2)cc1. The van der Waals surface area contributed by atoms with Crippen LogP contribution in [-0.2, 0) is 6.42 Å². The van der Waals surface area contributed by atoms with Gasteiger partial charge in [0.05, 0.1) is 29.7 Å². The average molecular weight is 459 g/mol. The maximum absolute atomic E-state index is 13.3. The van der Waals surface area contributed by atoms with Crippen molar-refractivity contribution in [3.05, 3.63) is 53.6 Å². The first kappa shape index (κ1) is 21.7. The maximum atomic E-state index is 13.3. The van der Waals surface area contributed by atoms with Crippen LogP contribution in [0, 0.1) is 29.1 Å². The zero-order valence-electron chi connectivity index (χ0n) is 19.7. The van der Waals surface area contributed by atoms with Crippen LogP contribution in [0.25, 0.3) is 0 Å². The molecule has 7 nitrogen and oxygen atoms in total. The van der Waals surface area contributed by atoms with Crippen LogP contribution in [0.1, 0.15) is 67.8 Å². The summed E-state index contributed by atoms with van der Waals surface area (Å²) in [5.74, 6) is 2.49. The number of carbonyl (C=O) groups is 1. The summed E-state index contributed by atoms with van der Waals surface area (Å²) in [7, 11) is 0. The van der Waals surface area contributed by atoms with E-state index in [4.69, 9.17) is 5.26 Å². The molecule has 34 heavy (non-hydrogen) atoms. The molecule has 2 amide bonds. The number of nitriles is 1. The summed E-state index contributed by atoms with van der Waals surface area (Å²) in [4.78, 5) is 22.8. The number of nitrogens with one attached hydrogen (secondary N) is 3. The lowest BCUT2D eigenvalue weighted by Gasteiger charge is -2.57. The van der Waals surface area contributed by atoms with Crippen LogP contribution in [0.5, 0.6) is 0 Å². The Hall–Kier alpha value is -2.85. The molecule has 2 aromatic rings. The second kappa shape index (κ2) is 8.74. The van der Waals surface area contributed by atoms with E-state index >= 15 is 0 Å². The number of amides is 2. The zero-order chi connectivity index (χ0) is 23.1. The molecular formula is C27H34N6O. The number of rotatable bonds is 6. The van der Waals surface area contributed by atoms with Crippen molar-refractivity contribution in [2.24, 2.45) is 17.8 Å². The first-order chi connectivity index (χ1) is 16.6. The topological polar surface area (TPSA) is 96.8 Å². The molecule has 0 spiro atoms. The highest BCUT2D eigenvalue weighted by molar-refractivity contribution is 5.75. The molecule has 7 rings (SSSR count). The van der Waals surface area contributed by atoms with Gasteiger partial charge in [-0.3, -0.25) is 0 Å². The van der Waals surface area contributed by atoms with Crippen molar-refractivity contribution >= 4 is 6.03 Å². The largest absolute Gasteiger partial charge is 0.347 e. The number of nitrogens with zero attached hydrogens (tertiary/aromatic N) is 3. The highest BCUT2D eigenvalue weighted by atomic mass is 16.2. The van der Waals surface area contributed by atoms with Crippen molar-refractivity contribution in [3.63, 3.8) is 0 Å². The smallest absolute Gasteiger partial charge is 0.317 e. The van der Waals surface area contributed by atoms with Gasteiger partial charge < -0.3 is 20.5 Å². The van der Waals surface area contributed by atoms with E-state index in [2.05, 4.69) is 26.7 Å². The Kier molecular flexibility index (Phi) is 5.57. The van der Waals surface area contributed by atoms with Crippen LogP contribution in [0.4, 0.5) is 4.79 Å². The van der Waals surface area contributed by atoms with Crippen molar-refractivity contribution in [1.82, 2.24) is 25.5 Å². The van der Waals surface area contributed by atoms with Crippen LogP contribution in [0.2, 0.25) is 0 Å². The van der Waals surface area contributed by atoms with Crippen molar-refractivity contribution in [1.29, 1.82) is 5.26 Å². The Bertz CT molecular complexity index is 1020. The Labute approximate surface area is 201 Å². The summed E-state index contributed by atoms with van der Waals surface area (Å²) in [6.07, 6.45) is 13.1. The van der Waals surface area contributed by atoms with Gasteiger partial charge in [-0.1, -0.05) is 12.1 Å². The van der Waals surface area contributed by atoms with Gasteiger partial charge in [-0.15, -0.1) is 0 Å². The van der Waals surface area contributed by atoms with E-state index in [1.165, 1.54) is 44.1 Å². The van der Waals surface area contributed by atoms with Gasteiger partial charge in [-0.05, 0) is 86.8 Å². The number of aromatic nitrogens is 2. The summed E-state index contributed by atoms with van der Waals surface area (Å²) in [5.41, 5.74) is 2.94. The van der Waals surface area contributed by atoms with Crippen molar-refractivity contribution < 1.29 is 4.79 Å². The van der Waals surface area contributed by atoms with E-state index in [0.29, 0.717) is 5.56 Å². The second-order valence-electron chi connectivity index (χ2n) is 11.3. The van der Waals surface area contributed by atoms with Crippen LogP contribution in [-0.4, -0.2) is 45.6 Å². The molecule has 4 aliphatic carbocycles. The molecule has 5 fully saturated rings. The zero-order valence-corrected chi connectivity index (χ0v) is 19.7. The number of hydrogen-bond acceptors (Lipinski definition) is 4. The minimum atomic E-state index is 0.0609. The number of benzene rings is 1. The van der Waals surface area contributed by atoms with E-state index in [1.807, 2.05) is 35.4 Å². The van der Waals surface area contributed by atoms with E-state index in [-0.39, 0.29) is 23.7 Å². The number of aromatic amines is 1. The van der Waals surface area contributed by atoms with Gasteiger partial charge in [-0.2, -0.15) is 5.26 Å². The molecule has 1 aliphatic heterocycles. The van der Waals surface area contributed by atoms with E-state index < -0.39 is 0 Å². The second-order valence-corrected chi connectivity index (χ2v) is 11.3. The number of hydrogen-bond donors (Lipinski definition) is 3. The highest BCUT2D eigenvalue weighted by Crippen LogP contribution is 2.55. The van der Waals surface area contributed by atoms with Gasteiger partial charge in [0.15, 0.2) is 0 Å². The molecule has 0 radical (unpaired) electrons. The molecule has 2 atom stereocenters. The van der Waals surface area contributed by atoms with E-state index in [9.17, 15) is 4.79 Å². The Morgan fingerprint density at radius 1 is 1.18 bits per heavy atom. The Morgan fingerprint density at radius 3 is 2.50 bits per heavy atom. The quantitative estimate of drug-likeness (QED) is 0.611. The molecule has 2 heterocycles. The summed E-state index contributed by atoms with van der Waals surface area (Å²) in [6, 6.07) is 10.4. The minimum absolute atomic E-state index is 0.0609. The molecular weight excluding hydrogens is 424 g/mol. The lowest BCUT2D eigenvalue weighted by molar-refractivity contribution is -0.0153. The normalized spacial score (nSPS) is 32.5. The Morgan fingerprint density at radius 2 is 1.88 bits per heavy atom. The lowest BCUT2D eigenvalue weighted by atomic mass is 9.53. The van der Waals surface area contributed by atoms with Crippen molar-refractivity contribution in [3.8, 4) is 6.07 Å². The van der Waals surface area contributed by atoms with E-state index in [0.717, 1.165) is 49.4 Å². The number of imidazole rings is 1. The molecule has 1 aromatic carbocycles. The van der Waals surface area contributed by atoms with Gasteiger partial charge in [0.2, 0.25) is 0 Å². The monoisotopic (exact) mass is 458 g/mol. The van der Waals surface area contributed by atoms with Crippen LogP contribution >= 0.6 is 0 Å². The molecule has 178 valence electrons. The summed E-state index contributed by atoms with van der Waals surface area (Å²) in [5, 5.41) is 16.4. The minimum Gasteiger partial charge on any atom is -0.347 e. The highest BCUT2D eigenvalue weighted by Gasteiger charge is 2.52. The molecule has 5 aliphatic rings. The first-order valence-electron chi connectivity index (χ1n) is 12.9. The number of likely N-dealkylation sites (tertiary alicyclic amines) is 1.